The molecule has 0 aliphatic carbocycles. The number of nitrogens with two attached hydrogens (primary N) is 1. The summed E-state index contributed by atoms with van der Waals surface area (Å²) in [4.78, 5) is 38.7. The highest BCUT2D eigenvalue weighted by atomic mass is 32.1. The number of hydrogen-bond acceptors (Lipinski definition) is 11. The highest BCUT2D eigenvalue weighted by molar-refractivity contribution is 7.61. The van der Waals surface area contributed by atoms with Crippen LogP contribution in [0.25, 0.3) is 11.2 Å². The number of nitrogens with one attached hydrogen (secondary N) is 1. The van der Waals surface area contributed by atoms with Gasteiger partial charge >= 0.3 is 11.9 Å². The second kappa shape index (κ2) is 20.8. The van der Waals surface area contributed by atoms with Crippen LogP contribution in [-0.2, 0) is 34.9 Å². The Labute approximate surface area is 274 Å². The van der Waals surface area contributed by atoms with E-state index in [1.807, 2.05) is 27.7 Å². The number of carbonyl (C=O) groups is 2. The topological polar surface area (TPSA) is 181 Å². The van der Waals surface area contributed by atoms with E-state index in [2.05, 4.69) is 33.9 Å². The lowest BCUT2D eigenvalue weighted by atomic mass is 9.98. The minimum absolute atomic E-state index is 0. The number of fused-ring (bicyclic) bond motifs is 1. The summed E-state index contributed by atoms with van der Waals surface area (Å²) in [5.41, 5.74) is 6.79. The van der Waals surface area contributed by atoms with E-state index in [0.717, 1.165) is 38.5 Å². The third kappa shape index (κ3) is 13.2. The second-order valence-electron chi connectivity index (χ2n) is 12.0. The van der Waals surface area contributed by atoms with Gasteiger partial charge in [-0.05, 0) is 24.7 Å². The normalized spacial score (nSPS) is 15.0. The summed E-state index contributed by atoms with van der Waals surface area (Å²) in [5, 5.41) is 13.2. The number of aliphatic hydroxyl groups is 1. The van der Waals surface area contributed by atoms with Crippen molar-refractivity contribution >= 4 is 49.7 Å². The molecule has 0 amide bonds. The van der Waals surface area contributed by atoms with Crippen molar-refractivity contribution in [2.24, 2.45) is 17.8 Å². The molecule has 2 aromatic rings. The van der Waals surface area contributed by atoms with Crippen LogP contribution in [0.1, 0.15) is 80.1 Å². The van der Waals surface area contributed by atoms with E-state index in [9.17, 15) is 19.3 Å². The third-order valence-corrected chi connectivity index (χ3v) is 9.73. The Morgan fingerprint density at radius 1 is 0.978 bits per heavy atom. The molecular formula is C30H55N6O7PS. The number of carbonyl (C=O) groups excluding carboxylic acids is 2. The summed E-state index contributed by atoms with van der Waals surface area (Å²) in [7, 11) is -3.61. The Balaban J connectivity index is 0.0000101. The first kappa shape index (κ1) is 40.8. The monoisotopic (exact) mass is 674 g/mol. The first-order valence-corrected chi connectivity index (χ1v) is 17.9. The van der Waals surface area contributed by atoms with Crippen LogP contribution >= 0.6 is 20.8 Å². The lowest BCUT2D eigenvalue weighted by Crippen LogP contribution is -2.43. The molecule has 0 aliphatic rings. The number of unbranched alkanes of at least 4 members (excludes halogenated alkanes) is 4. The van der Waals surface area contributed by atoms with Crippen molar-refractivity contribution in [1.29, 1.82) is 0 Å². The summed E-state index contributed by atoms with van der Waals surface area (Å²) in [6, 6.07) is -0.885. The number of aromatic nitrogens is 4. The van der Waals surface area contributed by atoms with Crippen molar-refractivity contribution in [3.63, 3.8) is 0 Å². The summed E-state index contributed by atoms with van der Waals surface area (Å²) in [6.45, 7) is 11.9. The average molecular weight is 675 g/mol. The van der Waals surface area contributed by atoms with Crippen molar-refractivity contribution in [2.45, 2.75) is 98.8 Å². The van der Waals surface area contributed by atoms with Gasteiger partial charge in [0.2, 0.25) is 0 Å². The number of rotatable bonds is 22. The van der Waals surface area contributed by atoms with Gasteiger partial charge in [0.15, 0.2) is 18.8 Å². The van der Waals surface area contributed by atoms with E-state index in [0.29, 0.717) is 17.8 Å². The van der Waals surface area contributed by atoms with E-state index in [1.165, 1.54) is 12.7 Å². The lowest BCUT2D eigenvalue weighted by Gasteiger charge is -2.31. The fourth-order valence-electron chi connectivity index (χ4n) is 4.63. The van der Waals surface area contributed by atoms with Crippen LogP contribution in [0.5, 0.6) is 0 Å². The van der Waals surface area contributed by atoms with Gasteiger partial charge in [0, 0.05) is 6.16 Å². The zero-order valence-electron chi connectivity index (χ0n) is 27.7. The zero-order chi connectivity index (χ0) is 32.7. The SMILES string of the molecule is CCCCCOC(=O)[C@@H](CP(=O)(CO[C@H](CO)Cn1cnc2c(N)ncnc21)N[C@H](C(=O)OCCCCC)C(C)C)C(C)C.S. The first-order chi connectivity index (χ1) is 21.0. The molecule has 0 aromatic carbocycles. The zero-order valence-corrected chi connectivity index (χ0v) is 29.6. The Kier molecular flexibility index (Phi) is 18.8. The number of imidazole rings is 1. The fourth-order valence-corrected chi connectivity index (χ4v) is 7.49. The van der Waals surface area contributed by atoms with E-state index < -0.39 is 37.3 Å². The Morgan fingerprint density at radius 3 is 2.16 bits per heavy atom. The minimum Gasteiger partial charge on any atom is -0.465 e. The number of ether oxygens (including phenoxy) is 3. The van der Waals surface area contributed by atoms with Gasteiger partial charge in [-0.1, -0.05) is 67.2 Å². The van der Waals surface area contributed by atoms with Gasteiger partial charge in [-0.3, -0.25) is 14.7 Å². The molecule has 45 heavy (non-hydrogen) atoms. The third-order valence-electron chi connectivity index (χ3n) is 7.43. The number of nitrogens with zero attached hydrogens (tertiary/aromatic N) is 4. The van der Waals surface area contributed by atoms with Crippen LogP contribution in [0, 0.1) is 17.8 Å². The van der Waals surface area contributed by atoms with Crippen molar-refractivity contribution in [3.8, 4) is 0 Å². The largest absolute Gasteiger partial charge is 0.465 e. The van der Waals surface area contributed by atoms with Crippen molar-refractivity contribution in [1.82, 2.24) is 24.6 Å². The molecule has 13 nitrogen and oxygen atoms in total. The van der Waals surface area contributed by atoms with Crippen molar-refractivity contribution in [3.05, 3.63) is 12.7 Å². The predicted molar refractivity (Wildman–Crippen MR) is 180 cm³/mol. The molecule has 0 radical (unpaired) electrons. The van der Waals surface area contributed by atoms with Gasteiger partial charge in [-0.25, -0.2) is 15.0 Å². The molecule has 0 aliphatic heterocycles. The summed E-state index contributed by atoms with van der Waals surface area (Å²) in [6.07, 6.45) is 6.98. The lowest BCUT2D eigenvalue weighted by molar-refractivity contribution is -0.149. The highest BCUT2D eigenvalue weighted by Gasteiger charge is 2.39. The van der Waals surface area contributed by atoms with Gasteiger partial charge in [0.1, 0.15) is 24.2 Å². The highest BCUT2D eigenvalue weighted by Crippen LogP contribution is 2.46. The number of aliphatic hydroxyl groups excluding tert-OH is 1. The molecule has 0 saturated carbocycles. The quantitative estimate of drug-likeness (QED) is 0.0906. The maximum Gasteiger partial charge on any atom is 0.323 e. The van der Waals surface area contributed by atoms with Gasteiger partial charge in [-0.15, -0.1) is 0 Å². The number of anilines is 1. The summed E-state index contributed by atoms with van der Waals surface area (Å²) in [5.74, 6) is -1.83. The second-order valence-corrected chi connectivity index (χ2v) is 14.6. The molecule has 258 valence electrons. The molecule has 0 spiro atoms. The average Bonchev–Trinajstić information content (AvgIpc) is 3.40. The van der Waals surface area contributed by atoms with Crippen molar-refractivity contribution in [2.75, 3.05) is 38.1 Å². The van der Waals surface area contributed by atoms with Crippen LogP contribution < -0.4 is 10.8 Å². The molecule has 1 unspecified atom stereocenters. The molecule has 2 rings (SSSR count). The molecule has 0 fully saturated rings. The molecular weight excluding hydrogens is 619 g/mol. The standard InChI is InChI=1S/C30H53N6O7P.H2S/c1-7-9-11-13-41-29(38)24(21(3)4)17-44(40,35-25(22(5)6)30(39)42-14-12-10-8-2)20-43-23(16-37)15-36-19-34-26-27(31)32-18-33-28(26)36;/h18-19,21-25,37H,7-17,20H2,1-6H3,(H,35,40)(H2,31,32,33);1H2/t23-,24-,25-,44?;/m0./s1. The Morgan fingerprint density at radius 2 is 1.60 bits per heavy atom. The van der Waals surface area contributed by atoms with E-state index in [4.69, 9.17) is 19.9 Å². The van der Waals surface area contributed by atoms with Gasteiger partial charge in [0.25, 0.3) is 0 Å². The van der Waals surface area contributed by atoms with Crippen LogP contribution in [0.3, 0.4) is 0 Å². The summed E-state index contributed by atoms with van der Waals surface area (Å²) >= 11 is 0. The van der Waals surface area contributed by atoms with E-state index in [-0.39, 0.29) is 63.4 Å². The smallest absolute Gasteiger partial charge is 0.323 e. The molecule has 2 aromatic heterocycles. The number of nitrogen functional groups attached to an aromatic ring is 1. The maximum atomic E-state index is 14.7. The molecule has 0 saturated heterocycles. The van der Waals surface area contributed by atoms with Gasteiger partial charge in [-0.2, -0.15) is 13.5 Å². The van der Waals surface area contributed by atoms with Crippen LogP contribution in [0.4, 0.5) is 5.82 Å². The van der Waals surface area contributed by atoms with Crippen LogP contribution in [-0.4, -0.2) is 81.0 Å². The van der Waals surface area contributed by atoms with Gasteiger partial charge in [0.05, 0.1) is 44.7 Å². The molecule has 4 N–H and O–H groups in total. The maximum absolute atomic E-state index is 14.7. The fraction of sp³-hybridized carbons (Fsp3) is 0.767. The minimum atomic E-state index is -3.61. The van der Waals surface area contributed by atoms with Crippen LogP contribution in [0.15, 0.2) is 12.7 Å². The Bertz CT molecular complexity index is 1170. The molecule has 0 bridgehead atoms. The number of esters is 2. The first-order valence-electron chi connectivity index (χ1n) is 15.8. The summed E-state index contributed by atoms with van der Waals surface area (Å²) < 4.78 is 33.5. The Hall–Kier alpha value is -2.25. The molecule has 2 heterocycles. The van der Waals surface area contributed by atoms with Gasteiger partial charge < -0.3 is 34.2 Å². The molecule has 4 atom stereocenters. The van der Waals surface area contributed by atoms with E-state index >= 15 is 0 Å². The van der Waals surface area contributed by atoms with Crippen LogP contribution in [0.2, 0.25) is 0 Å². The van der Waals surface area contributed by atoms with E-state index in [1.54, 1.807) is 4.57 Å². The van der Waals surface area contributed by atoms with Crippen molar-refractivity contribution < 1.29 is 33.5 Å². The molecule has 15 heteroatoms. The predicted octanol–water partition coefficient (Wildman–Crippen LogP) is 4.49. The number of hydrogen-bond donors (Lipinski definition) is 3.